The number of aryl methyl sites for hydroxylation is 1. The molecule has 25 heavy (non-hydrogen) atoms. The Morgan fingerprint density at radius 1 is 1.08 bits per heavy atom. The summed E-state index contributed by atoms with van der Waals surface area (Å²) in [6.45, 7) is 0.715. The standard InChI is InChI=1S/C20H20ClN3O/c21-18-9-11-19(12-10-18)24-20(25)17(14-22)15-23-13-5-4-8-16-6-2-1-3-7-16/h1-3,6-7,9-12,15,23H,4-5,8,13H2,(H,24,25)/b17-15-. The highest BCUT2D eigenvalue weighted by molar-refractivity contribution is 6.30. The summed E-state index contributed by atoms with van der Waals surface area (Å²) in [7, 11) is 0. The number of nitriles is 1. The number of nitrogens with zero attached hydrogens (tertiary/aromatic N) is 1. The molecule has 5 heteroatoms. The maximum absolute atomic E-state index is 12.1. The first-order valence-corrected chi connectivity index (χ1v) is 8.51. The predicted molar refractivity (Wildman–Crippen MR) is 101 cm³/mol. The van der Waals surface area contributed by atoms with E-state index in [1.54, 1.807) is 24.3 Å². The van der Waals surface area contributed by atoms with Gasteiger partial charge in [0.25, 0.3) is 5.91 Å². The maximum atomic E-state index is 12.1. The van der Waals surface area contributed by atoms with Crippen LogP contribution in [-0.4, -0.2) is 12.5 Å². The van der Waals surface area contributed by atoms with Crippen LogP contribution in [0.25, 0.3) is 0 Å². The zero-order chi connectivity index (χ0) is 17.9. The second kappa shape index (κ2) is 10.2. The molecule has 2 aromatic carbocycles. The van der Waals surface area contributed by atoms with Gasteiger partial charge in [-0.1, -0.05) is 41.9 Å². The molecule has 0 radical (unpaired) electrons. The lowest BCUT2D eigenvalue weighted by molar-refractivity contribution is -0.112. The summed E-state index contributed by atoms with van der Waals surface area (Å²) >= 11 is 5.80. The van der Waals surface area contributed by atoms with E-state index < -0.39 is 5.91 Å². The summed E-state index contributed by atoms with van der Waals surface area (Å²) in [5, 5.41) is 15.4. The van der Waals surface area contributed by atoms with E-state index in [1.165, 1.54) is 11.8 Å². The summed E-state index contributed by atoms with van der Waals surface area (Å²) in [6, 6.07) is 18.9. The van der Waals surface area contributed by atoms with E-state index in [0.717, 1.165) is 19.3 Å². The lowest BCUT2D eigenvalue weighted by atomic mass is 10.1. The normalized spacial score (nSPS) is 10.8. The molecule has 0 bridgehead atoms. The van der Waals surface area contributed by atoms with Crippen molar-refractivity contribution in [3.63, 3.8) is 0 Å². The van der Waals surface area contributed by atoms with Gasteiger partial charge in [0.2, 0.25) is 0 Å². The third-order valence-electron chi connectivity index (χ3n) is 3.59. The van der Waals surface area contributed by atoms with Crippen LogP contribution in [0.4, 0.5) is 5.69 Å². The van der Waals surface area contributed by atoms with Gasteiger partial charge in [-0.2, -0.15) is 5.26 Å². The number of anilines is 1. The predicted octanol–water partition coefficient (Wildman–Crippen LogP) is 4.30. The molecule has 4 nitrogen and oxygen atoms in total. The Morgan fingerprint density at radius 2 is 1.80 bits per heavy atom. The molecule has 0 aliphatic rings. The van der Waals surface area contributed by atoms with Crippen LogP contribution in [0, 0.1) is 11.3 Å². The van der Waals surface area contributed by atoms with Crippen LogP contribution >= 0.6 is 11.6 Å². The average molecular weight is 354 g/mol. The number of nitrogens with one attached hydrogen (secondary N) is 2. The molecule has 0 spiro atoms. The fraction of sp³-hybridized carbons (Fsp3) is 0.200. The second-order valence-corrected chi connectivity index (χ2v) is 5.96. The van der Waals surface area contributed by atoms with Gasteiger partial charge in [0.05, 0.1) is 0 Å². The SMILES string of the molecule is N#C/C(=C/NCCCCc1ccccc1)C(=O)Nc1ccc(Cl)cc1. The molecule has 0 saturated heterocycles. The average Bonchev–Trinajstić information content (AvgIpc) is 2.64. The Labute approximate surface area is 153 Å². The number of benzene rings is 2. The molecule has 0 aliphatic heterocycles. The van der Waals surface area contributed by atoms with E-state index in [-0.39, 0.29) is 5.57 Å². The first kappa shape index (κ1) is 18.6. The molecule has 0 unspecified atom stereocenters. The van der Waals surface area contributed by atoms with Gasteiger partial charge >= 0.3 is 0 Å². The molecule has 0 atom stereocenters. The molecular formula is C20H20ClN3O. The highest BCUT2D eigenvalue weighted by Crippen LogP contribution is 2.14. The number of carbonyl (C=O) groups is 1. The van der Waals surface area contributed by atoms with E-state index in [4.69, 9.17) is 16.9 Å². The highest BCUT2D eigenvalue weighted by atomic mass is 35.5. The van der Waals surface area contributed by atoms with E-state index in [2.05, 4.69) is 22.8 Å². The lowest BCUT2D eigenvalue weighted by Gasteiger charge is -2.05. The van der Waals surface area contributed by atoms with Crippen LogP contribution in [0.3, 0.4) is 0 Å². The number of amides is 1. The van der Waals surface area contributed by atoms with Crippen molar-refractivity contribution < 1.29 is 4.79 Å². The van der Waals surface area contributed by atoms with Crippen LogP contribution in [0.2, 0.25) is 5.02 Å². The highest BCUT2D eigenvalue weighted by Gasteiger charge is 2.08. The summed E-state index contributed by atoms with van der Waals surface area (Å²) in [4.78, 5) is 12.1. The molecule has 1 amide bonds. The molecule has 2 rings (SSSR count). The molecule has 0 aliphatic carbocycles. The van der Waals surface area contributed by atoms with E-state index in [9.17, 15) is 4.79 Å². The van der Waals surface area contributed by atoms with Gasteiger partial charge in [-0.15, -0.1) is 0 Å². The van der Waals surface area contributed by atoms with Crippen molar-refractivity contribution in [1.82, 2.24) is 5.32 Å². The second-order valence-electron chi connectivity index (χ2n) is 5.53. The minimum Gasteiger partial charge on any atom is -0.390 e. The van der Waals surface area contributed by atoms with Crippen molar-refractivity contribution in [3.05, 3.63) is 77.0 Å². The van der Waals surface area contributed by atoms with Gasteiger partial charge < -0.3 is 10.6 Å². The van der Waals surface area contributed by atoms with Crippen molar-refractivity contribution in [2.24, 2.45) is 0 Å². The molecular weight excluding hydrogens is 334 g/mol. The van der Waals surface area contributed by atoms with Crippen molar-refractivity contribution in [1.29, 1.82) is 5.26 Å². The van der Waals surface area contributed by atoms with Crippen LogP contribution in [0.5, 0.6) is 0 Å². The number of rotatable bonds is 8. The first-order chi connectivity index (χ1) is 12.2. The van der Waals surface area contributed by atoms with Crippen molar-refractivity contribution >= 4 is 23.2 Å². The van der Waals surface area contributed by atoms with Crippen LogP contribution in [0.1, 0.15) is 18.4 Å². The molecule has 0 aromatic heterocycles. The summed E-state index contributed by atoms with van der Waals surface area (Å²) in [6.07, 6.45) is 4.49. The number of carbonyl (C=O) groups excluding carboxylic acids is 1. The number of unbranched alkanes of at least 4 members (excludes halogenated alkanes) is 1. The Bertz CT molecular complexity index is 749. The Kier molecular flexibility index (Phi) is 7.55. The van der Waals surface area contributed by atoms with Gasteiger partial charge in [-0.25, -0.2) is 0 Å². The van der Waals surface area contributed by atoms with Crippen molar-refractivity contribution in [2.75, 3.05) is 11.9 Å². The zero-order valence-corrected chi connectivity index (χ0v) is 14.6. The molecule has 0 fully saturated rings. The van der Waals surface area contributed by atoms with Crippen LogP contribution in [-0.2, 0) is 11.2 Å². The number of halogens is 1. The summed E-state index contributed by atoms with van der Waals surface area (Å²) in [5.74, 6) is -0.443. The summed E-state index contributed by atoms with van der Waals surface area (Å²) < 4.78 is 0. The zero-order valence-electron chi connectivity index (χ0n) is 13.8. The van der Waals surface area contributed by atoms with Gasteiger partial charge in [0, 0.05) is 23.5 Å². The van der Waals surface area contributed by atoms with Gasteiger partial charge in [0.1, 0.15) is 11.6 Å². The van der Waals surface area contributed by atoms with E-state index >= 15 is 0 Å². The Morgan fingerprint density at radius 3 is 2.48 bits per heavy atom. The van der Waals surface area contributed by atoms with Gasteiger partial charge in [-0.05, 0) is 49.1 Å². The maximum Gasteiger partial charge on any atom is 0.267 e. The van der Waals surface area contributed by atoms with Gasteiger partial charge in [0.15, 0.2) is 0 Å². The van der Waals surface area contributed by atoms with E-state index in [0.29, 0.717) is 17.3 Å². The largest absolute Gasteiger partial charge is 0.390 e. The fourth-order valence-electron chi connectivity index (χ4n) is 2.26. The minimum atomic E-state index is -0.443. The van der Waals surface area contributed by atoms with Gasteiger partial charge in [-0.3, -0.25) is 4.79 Å². The Hall–Kier alpha value is -2.77. The Balaban J connectivity index is 1.73. The van der Waals surface area contributed by atoms with Crippen LogP contribution < -0.4 is 10.6 Å². The van der Waals surface area contributed by atoms with Crippen LogP contribution in [0.15, 0.2) is 66.4 Å². The molecule has 0 saturated carbocycles. The van der Waals surface area contributed by atoms with E-state index in [1.807, 2.05) is 24.3 Å². The smallest absolute Gasteiger partial charge is 0.267 e. The fourth-order valence-corrected chi connectivity index (χ4v) is 2.38. The summed E-state index contributed by atoms with van der Waals surface area (Å²) in [5.41, 5.74) is 1.95. The lowest BCUT2D eigenvalue weighted by Crippen LogP contribution is -2.17. The monoisotopic (exact) mass is 353 g/mol. The third kappa shape index (κ3) is 6.70. The number of hydrogen-bond acceptors (Lipinski definition) is 3. The quantitative estimate of drug-likeness (QED) is 0.422. The molecule has 0 heterocycles. The third-order valence-corrected chi connectivity index (χ3v) is 3.84. The minimum absolute atomic E-state index is 0.0398. The topological polar surface area (TPSA) is 64.9 Å². The molecule has 128 valence electrons. The van der Waals surface area contributed by atoms with Crippen molar-refractivity contribution in [2.45, 2.75) is 19.3 Å². The molecule has 2 aromatic rings. The first-order valence-electron chi connectivity index (χ1n) is 8.13. The number of hydrogen-bond donors (Lipinski definition) is 2. The molecule has 2 N–H and O–H groups in total. The van der Waals surface area contributed by atoms with Crippen molar-refractivity contribution in [3.8, 4) is 6.07 Å².